The van der Waals surface area contributed by atoms with Crippen molar-refractivity contribution in [3.63, 3.8) is 0 Å². The molecule has 0 aromatic heterocycles. The van der Waals surface area contributed by atoms with Gasteiger partial charge >= 0.3 is 0 Å². The Morgan fingerprint density at radius 2 is 1.79 bits per heavy atom. The van der Waals surface area contributed by atoms with Crippen LogP contribution in [0.1, 0.15) is 54.4 Å². The van der Waals surface area contributed by atoms with Gasteiger partial charge in [0.1, 0.15) is 5.75 Å². The third-order valence-electron chi connectivity index (χ3n) is 6.14. The highest BCUT2D eigenvalue weighted by atomic mass is 16.5. The Balaban J connectivity index is 1.73. The molecule has 2 aromatic carbocycles. The van der Waals surface area contributed by atoms with Gasteiger partial charge in [-0.3, -0.25) is 4.79 Å². The van der Waals surface area contributed by atoms with Crippen LogP contribution in [0.5, 0.6) is 5.75 Å². The molecule has 0 bridgehead atoms. The summed E-state index contributed by atoms with van der Waals surface area (Å²) >= 11 is 0. The van der Waals surface area contributed by atoms with Crippen molar-refractivity contribution in [3.8, 4) is 5.75 Å². The molecular weight excluding hydrogens is 348 g/mol. The number of Topliss-reactive ketones (excluding diaryl/α,β-unsaturated/α-hetero) is 1. The van der Waals surface area contributed by atoms with Gasteiger partial charge in [0, 0.05) is 25.6 Å². The topological polar surface area (TPSA) is 64.3 Å². The highest BCUT2D eigenvalue weighted by molar-refractivity contribution is 5.98. The summed E-state index contributed by atoms with van der Waals surface area (Å²) in [6.45, 7) is 1.54. The van der Waals surface area contributed by atoms with Gasteiger partial charge in [0.2, 0.25) is 0 Å². The first-order valence-corrected chi connectivity index (χ1v) is 10.3. The van der Waals surface area contributed by atoms with Crippen molar-refractivity contribution in [3.05, 3.63) is 65.7 Å². The highest BCUT2D eigenvalue weighted by Gasteiger charge is 2.37. The fraction of sp³-hybridized carbons (Fsp3) is 0.458. The second kappa shape index (κ2) is 9.85. The van der Waals surface area contributed by atoms with Crippen molar-refractivity contribution >= 4 is 5.78 Å². The van der Waals surface area contributed by atoms with E-state index in [2.05, 4.69) is 35.6 Å². The van der Waals surface area contributed by atoms with Crippen molar-refractivity contribution in [2.75, 3.05) is 20.2 Å². The van der Waals surface area contributed by atoms with Gasteiger partial charge in [-0.2, -0.15) is 0 Å². The summed E-state index contributed by atoms with van der Waals surface area (Å²) in [5, 5.41) is 3.56. The molecule has 4 nitrogen and oxygen atoms in total. The lowest BCUT2D eigenvalue weighted by Gasteiger charge is -2.41. The van der Waals surface area contributed by atoms with E-state index in [1.54, 1.807) is 7.11 Å². The number of carbonyl (C=O) groups excluding carboxylic acids is 1. The van der Waals surface area contributed by atoms with Gasteiger partial charge in [0.15, 0.2) is 5.78 Å². The highest BCUT2D eigenvalue weighted by Crippen LogP contribution is 2.43. The van der Waals surface area contributed by atoms with E-state index in [0.717, 1.165) is 38.6 Å². The molecule has 0 unspecified atom stereocenters. The molecule has 0 heterocycles. The number of nitrogens with one attached hydrogen (secondary N) is 1. The molecule has 1 fully saturated rings. The zero-order valence-corrected chi connectivity index (χ0v) is 16.8. The number of hydrogen-bond donors (Lipinski definition) is 2. The van der Waals surface area contributed by atoms with Gasteiger partial charge in [-0.05, 0) is 55.2 Å². The van der Waals surface area contributed by atoms with Gasteiger partial charge in [0.05, 0.1) is 12.7 Å². The van der Waals surface area contributed by atoms with Gasteiger partial charge < -0.3 is 15.8 Å². The Bertz CT molecular complexity index is 752. The molecule has 3 N–H and O–H groups in total. The first-order valence-electron chi connectivity index (χ1n) is 10.3. The number of benzene rings is 2. The molecule has 0 amide bonds. The zero-order valence-electron chi connectivity index (χ0n) is 16.8. The number of rotatable bonds is 9. The third kappa shape index (κ3) is 4.81. The molecule has 0 aliphatic heterocycles. The number of ketones is 1. The Morgan fingerprint density at radius 3 is 2.46 bits per heavy atom. The van der Waals surface area contributed by atoms with Crippen LogP contribution in [0.15, 0.2) is 54.6 Å². The van der Waals surface area contributed by atoms with E-state index in [9.17, 15) is 4.79 Å². The smallest absolute Gasteiger partial charge is 0.166 e. The van der Waals surface area contributed by atoms with Crippen molar-refractivity contribution in [2.24, 2.45) is 5.73 Å². The summed E-state index contributed by atoms with van der Waals surface area (Å²) < 4.78 is 5.38. The summed E-state index contributed by atoms with van der Waals surface area (Å²) in [6.07, 6.45) is 5.85. The van der Waals surface area contributed by atoms with E-state index in [1.165, 1.54) is 5.56 Å². The quantitative estimate of drug-likeness (QED) is 0.643. The number of carbonyl (C=O) groups is 1. The van der Waals surface area contributed by atoms with Crippen LogP contribution in [0.25, 0.3) is 0 Å². The van der Waals surface area contributed by atoms with Crippen LogP contribution in [-0.4, -0.2) is 32.0 Å². The molecular formula is C24H32N2O2. The molecule has 4 heteroatoms. The largest absolute Gasteiger partial charge is 0.496 e. The molecule has 1 saturated carbocycles. The summed E-state index contributed by atoms with van der Waals surface area (Å²) in [6, 6.07) is 18.8. The molecule has 0 radical (unpaired) electrons. The molecule has 150 valence electrons. The van der Waals surface area contributed by atoms with Gasteiger partial charge in [-0.15, -0.1) is 0 Å². The maximum atomic E-state index is 12.9. The molecule has 0 atom stereocenters. The van der Waals surface area contributed by atoms with Crippen LogP contribution in [0, 0.1) is 0 Å². The van der Waals surface area contributed by atoms with E-state index < -0.39 is 0 Å². The zero-order chi connectivity index (χ0) is 19.8. The Labute approximate surface area is 168 Å². The fourth-order valence-corrected chi connectivity index (χ4v) is 4.50. The maximum Gasteiger partial charge on any atom is 0.166 e. The van der Waals surface area contributed by atoms with E-state index in [-0.39, 0.29) is 11.2 Å². The normalized spacial score (nSPS) is 22.0. The summed E-state index contributed by atoms with van der Waals surface area (Å²) in [5.74, 6) is 0.826. The maximum absolute atomic E-state index is 12.9. The number of hydrogen-bond acceptors (Lipinski definition) is 4. The number of ether oxygens (including phenoxy) is 1. The lowest BCUT2D eigenvalue weighted by Crippen LogP contribution is -2.41. The first kappa shape index (κ1) is 20.6. The lowest BCUT2D eigenvalue weighted by atomic mass is 9.65. The molecule has 0 saturated heterocycles. The molecule has 1 aliphatic carbocycles. The average molecular weight is 381 g/mol. The lowest BCUT2D eigenvalue weighted by molar-refractivity contribution is 0.0958. The minimum absolute atomic E-state index is 0.0693. The minimum Gasteiger partial charge on any atom is -0.496 e. The van der Waals surface area contributed by atoms with Gasteiger partial charge in [-0.1, -0.05) is 42.5 Å². The molecule has 28 heavy (non-hydrogen) atoms. The van der Waals surface area contributed by atoms with Crippen molar-refractivity contribution in [1.82, 2.24) is 5.32 Å². The summed E-state index contributed by atoms with van der Waals surface area (Å²) in [7, 11) is 1.62. The van der Waals surface area contributed by atoms with Crippen LogP contribution in [0.2, 0.25) is 0 Å². The van der Waals surface area contributed by atoms with Crippen molar-refractivity contribution in [1.29, 1.82) is 0 Å². The van der Waals surface area contributed by atoms with Crippen LogP contribution in [0.4, 0.5) is 0 Å². The monoisotopic (exact) mass is 380 g/mol. The average Bonchev–Trinajstić information content (AvgIpc) is 2.77. The SMILES string of the molecule is COc1ccccc1C(=O)CCC1(c2ccccc2)CCC(NCCN)CC1. The van der Waals surface area contributed by atoms with Crippen LogP contribution in [0.3, 0.4) is 0 Å². The standard InChI is InChI=1S/C24H32N2O2/c1-28-23-10-6-5-9-21(23)22(27)13-16-24(19-7-3-2-4-8-19)14-11-20(12-15-24)26-18-17-25/h2-10,20,26H,11-18,25H2,1H3. The Kier molecular flexibility index (Phi) is 7.24. The van der Waals surface area contributed by atoms with Crippen molar-refractivity contribution < 1.29 is 9.53 Å². The second-order valence-electron chi connectivity index (χ2n) is 7.79. The molecule has 3 rings (SSSR count). The van der Waals surface area contributed by atoms with Crippen LogP contribution < -0.4 is 15.8 Å². The number of methoxy groups -OCH3 is 1. The van der Waals surface area contributed by atoms with Gasteiger partial charge in [0.25, 0.3) is 0 Å². The second-order valence-corrected chi connectivity index (χ2v) is 7.79. The summed E-state index contributed by atoms with van der Waals surface area (Å²) in [4.78, 5) is 12.9. The van der Waals surface area contributed by atoms with Crippen LogP contribution in [-0.2, 0) is 5.41 Å². The predicted octanol–water partition coefficient (Wildman–Crippen LogP) is 4.09. The van der Waals surface area contributed by atoms with E-state index >= 15 is 0 Å². The van der Waals surface area contributed by atoms with Crippen molar-refractivity contribution in [2.45, 2.75) is 50.0 Å². The minimum atomic E-state index is 0.0693. The van der Waals surface area contributed by atoms with E-state index in [4.69, 9.17) is 10.5 Å². The number of nitrogens with two attached hydrogens (primary N) is 1. The molecule has 1 aliphatic rings. The fourth-order valence-electron chi connectivity index (χ4n) is 4.50. The van der Waals surface area contributed by atoms with Crippen LogP contribution >= 0.6 is 0 Å². The Morgan fingerprint density at radius 1 is 1.11 bits per heavy atom. The third-order valence-corrected chi connectivity index (χ3v) is 6.14. The Hall–Kier alpha value is -2.17. The summed E-state index contributed by atoms with van der Waals surface area (Å²) in [5.41, 5.74) is 7.76. The molecule has 2 aromatic rings. The van der Waals surface area contributed by atoms with E-state index in [1.807, 2.05) is 24.3 Å². The first-order chi connectivity index (χ1) is 13.7. The van der Waals surface area contributed by atoms with E-state index in [0.29, 0.717) is 30.3 Å². The van der Waals surface area contributed by atoms with Gasteiger partial charge in [-0.25, -0.2) is 0 Å². The predicted molar refractivity (Wildman–Crippen MR) is 114 cm³/mol. The number of para-hydroxylation sites is 1. The molecule has 0 spiro atoms.